The van der Waals surface area contributed by atoms with Gasteiger partial charge < -0.3 is 4.74 Å². The van der Waals surface area contributed by atoms with Crippen molar-refractivity contribution in [3.05, 3.63) is 49.6 Å². The Labute approximate surface area is 139 Å². The fraction of sp³-hybridized carbons (Fsp3) is 0.143. The van der Waals surface area contributed by atoms with E-state index in [9.17, 15) is 4.79 Å². The van der Waals surface area contributed by atoms with Crippen LogP contribution in [0.15, 0.2) is 39.9 Å². The first kappa shape index (κ1) is 16.0. The highest BCUT2D eigenvalue weighted by atomic mass is 79.9. The Balaban J connectivity index is 1.81. The van der Waals surface area contributed by atoms with Crippen LogP contribution in [0.25, 0.3) is 0 Å². The average Bonchev–Trinajstić information content (AvgIpc) is 2.83. The fourth-order valence-electron chi connectivity index (χ4n) is 1.46. The molecule has 1 amide bonds. The highest BCUT2D eigenvalue weighted by molar-refractivity contribution is 9.10. The van der Waals surface area contributed by atoms with E-state index in [1.807, 2.05) is 19.1 Å². The molecule has 0 unspecified atom stereocenters. The SMILES string of the molecule is Cc1ccc(C=NNC(=O)COc2ccc(Br)cc2Cl)s1. The van der Waals surface area contributed by atoms with Gasteiger partial charge in [0.2, 0.25) is 0 Å². The Morgan fingerprint density at radius 2 is 2.29 bits per heavy atom. The summed E-state index contributed by atoms with van der Waals surface area (Å²) in [5, 5.41) is 4.31. The first-order valence-corrected chi connectivity index (χ1v) is 7.99. The molecule has 110 valence electrons. The van der Waals surface area contributed by atoms with Crippen LogP contribution in [0.5, 0.6) is 5.75 Å². The molecule has 1 heterocycles. The maximum Gasteiger partial charge on any atom is 0.277 e. The van der Waals surface area contributed by atoms with Gasteiger partial charge in [0.25, 0.3) is 5.91 Å². The molecule has 0 radical (unpaired) electrons. The number of hydrogen-bond donors (Lipinski definition) is 1. The number of rotatable bonds is 5. The molecular formula is C14H12BrClN2O2S. The summed E-state index contributed by atoms with van der Waals surface area (Å²) in [5.41, 5.74) is 2.40. The minimum Gasteiger partial charge on any atom is -0.482 e. The van der Waals surface area contributed by atoms with Crippen molar-refractivity contribution in [2.24, 2.45) is 5.10 Å². The molecule has 0 saturated carbocycles. The molecule has 1 N–H and O–H groups in total. The zero-order valence-corrected chi connectivity index (χ0v) is 14.3. The normalized spacial score (nSPS) is 10.8. The van der Waals surface area contributed by atoms with E-state index in [-0.39, 0.29) is 12.5 Å². The zero-order chi connectivity index (χ0) is 15.2. The van der Waals surface area contributed by atoms with Gasteiger partial charge in [0, 0.05) is 14.2 Å². The maximum absolute atomic E-state index is 11.6. The Hall–Kier alpha value is -1.37. The van der Waals surface area contributed by atoms with Crippen LogP contribution < -0.4 is 10.2 Å². The van der Waals surface area contributed by atoms with Crippen LogP contribution in [0.1, 0.15) is 9.75 Å². The van der Waals surface area contributed by atoms with E-state index in [2.05, 4.69) is 26.5 Å². The summed E-state index contributed by atoms with van der Waals surface area (Å²) >= 11 is 10.9. The van der Waals surface area contributed by atoms with E-state index in [0.717, 1.165) is 9.35 Å². The number of ether oxygens (including phenoxy) is 1. The third-order valence-electron chi connectivity index (χ3n) is 2.39. The minimum absolute atomic E-state index is 0.151. The van der Waals surface area contributed by atoms with Crippen molar-refractivity contribution in [3.63, 3.8) is 0 Å². The second kappa shape index (κ2) is 7.59. The van der Waals surface area contributed by atoms with E-state index < -0.39 is 0 Å². The van der Waals surface area contributed by atoms with E-state index >= 15 is 0 Å². The number of thiophene rings is 1. The Morgan fingerprint density at radius 3 is 2.95 bits per heavy atom. The molecule has 0 spiro atoms. The van der Waals surface area contributed by atoms with Crippen LogP contribution in [-0.2, 0) is 4.79 Å². The van der Waals surface area contributed by atoms with Crippen molar-refractivity contribution >= 4 is 51.0 Å². The molecule has 4 nitrogen and oxygen atoms in total. The lowest BCUT2D eigenvalue weighted by molar-refractivity contribution is -0.123. The number of nitrogens with zero attached hydrogens (tertiary/aromatic N) is 1. The Morgan fingerprint density at radius 1 is 1.48 bits per heavy atom. The first-order valence-electron chi connectivity index (χ1n) is 6.01. The van der Waals surface area contributed by atoms with Gasteiger partial charge in [-0.1, -0.05) is 27.5 Å². The summed E-state index contributed by atoms with van der Waals surface area (Å²) in [6, 6.07) is 9.11. The number of hydrazone groups is 1. The number of hydrogen-bond acceptors (Lipinski definition) is 4. The zero-order valence-electron chi connectivity index (χ0n) is 11.1. The molecule has 0 aliphatic carbocycles. The lowest BCUT2D eigenvalue weighted by Crippen LogP contribution is -2.24. The maximum atomic E-state index is 11.6. The van der Waals surface area contributed by atoms with E-state index in [1.54, 1.807) is 35.8 Å². The van der Waals surface area contributed by atoms with Crippen molar-refractivity contribution in [1.82, 2.24) is 5.43 Å². The number of aryl methyl sites for hydroxylation is 1. The molecule has 0 saturated heterocycles. The molecule has 2 aromatic rings. The van der Waals surface area contributed by atoms with Crippen molar-refractivity contribution < 1.29 is 9.53 Å². The lowest BCUT2D eigenvalue weighted by atomic mass is 10.3. The number of carbonyl (C=O) groups is 1. The predicted molar refractivity (Wildman–Crippen MR) is 89.4 cm³/mol. The molecule has 1 aromatic carbocycles. The number of halogens is 2. The quantitative estimate of drug-likeness (QED) is 0.623. The largest absolute Gasteiger partial charge is 0.482 e. The van der Waals surface area contributed by atoms with E-state index in [0.29, 0.717) is 10.8 Å². The summed E-state index contributed by atoms with van der Waals surface area (Å²) < 4.78 is 6.17. The van der Waals surface area contributed by atoms with Crippen LogP contribution in [0.2, 0.25) is 5.02 Å². The number of carbonyl (C=O) groups excluding carboxylic acids is 1. The van der Waals surface area contributed by atoms with Crippen LogP contribution in [0, 0.1) is 6.92 Å². The van der Waals surface area contributed by atoms with Crippen LogP contribution in [-0.4, -0.2) is 18.7 Å². The van der Waals surface area contributed by atoms with Gasteiger partial charge in [-0.15, -0.1) is 11.3 Å². The highest BCUT2D eigenvalue weighted by Gasteiger charge is 2.05. The molecule has 1 aromatic heterocycles. The van der Waals surface area contributed by atoms with Crippen molar-refractivity contribution in [2.75, 3.05) is 6.61 Å². The predicted octanol–water partition coefficient (Wildman–Crippen LogP) is 4.00. The van der Waals surface area contributed by atoms with Gasteiger partial charge in [-0.2, -0.15) is 5.10 Å². The van der Waals surface area contributed by atoms with Crippen LogP contribution >= 0.6 is 38.9 Å². The summed E-state index contributed by atoms with van der Waals surface area (Å²) in [6.45, 7) is 1.86. The van der Waals surface area contributed by atoms with Crippen molar-refractivity contribution in [3.8, 4) is 5.75 Å². The van der Waals surface area contributed by atoms with Gasteiger partial charge in [-0.05, 0) is 37.3 Å². The summed E-state index contributed by atoms with van der Waals surface area (Å²) in [5.74, 6) is 0.103. The number of nitrogens with one attached hydrogen (secondary N) is 1. The van der Waals surface area contributed by atoms with Gasteiger partial charge >= 0.3 is 0 Å². The molecular weight excluding hydrogens is 376 g/mol. The third kappa shape index (κ3) is 5.15. The minimum atomic E-state index is -0.349. The van der Waals surface area contributed by atoms with Gasteiger partial charge in [-0.3, -0.25) is 4.79 Å². The second-order valence-corrected chi connectivity index (χ2v) is 6.75. The molecule has 2 rings (SSSR count). The topological polar surface area (TPSA) is 50.7 Å². The van der Waals surface area contributed by atoms with E-state index in [1.165, 1.54) is 4.88 Å². The van der Waals surface area contributed by atoms with Crippen LogP contribution in [0.4, 0.5) is 0 Å². The Kier molecular flexibility index (Phi) is 5.78. The standard InChI is InChI=1S/C14H12BrClN2O2S/c1-9-2-4-11(21-9)7-17-18-14(19)8-20-13-5-3-10(15)6-12(13)16/h2-7H,8H2,1H3,(H,18,19). The van der Waals surface area contributed by atoms with Gasteiger partial charge in [0.05, 0.1) is 11.2 Å². The molecule has 0 atom stereocenters. The van der Waals surface area contributed by atoms with Gasteiger partial charge in [0.15, 0.2) is 6.61 Å². The van der Waals surface area contributed by atoms with Crippen molar-refractivity contribution in [2.45, 2.75) is 6.92 Å². The molecule has 21 heavy (non-hydrogen) atoms. The summed E-state index contributed by atoms with van der Waals surface area (Å²) in [7, 11) is 0. The van der Waals surface area contributed by atoms with E-state index in [4.69, 9.17) is 16.3 Å². The van der Waals surface area contributed by atoms with Gasteiger partial charge in [0.1, 0.15) is 5.75 Å². The van der Waals surface area contributed by atoms with Crippen LogP contribution in [0.3, 0.4) is 0 Å². The molecule has 0 aliphatic heterocycles. The monoisotopic (exact) mass is 386 g/mol. The molecule has 7 heteroatoms. The molecule has 0 bridgehead atoms. The highest BCUT2D eigenvalue weighted by Crippen LogP contribution is 2.27. The summed E-state index contributed by atoms with van der Waals surface area (Å²) in [6.07, 6.45) is 1.60. The van der Waals surface area contributed by atoms with Crippen molar-refractivity contribution in [1.29, 1.82) is 0 Å². The lowest BCUT2D eigenvalue weighted by Gasteiger charge is -2.06. The number of benzene rings is 1. The fourth-order valence-corrected chi connectivity index (χ4v) is 2.94. The second-order valence-electron chi connectivity index (χ2n) is 4.11. The average molecular weight is 388 g/mol. The Bertz CT molecular complexity index is 673. The summed E-state index contributed by atoms with van der Waals surface area (Å²) in [4.78, 5) is 13.8. The molecule has 0 fully saturated rings. The number of amides is 1. The smallest absolute Gasteiger partial charge is 0.277 e. The van der Waals surface area contributed by atoms with Gasteiger partial charge in [-0.25, -0.2) is 5.43 Å². The molecule has 0 aliphatic rings. The first-order chi connectivity index (χ1) is 10.0. The third-order valence-corrected chi connectivity index (χ3v) is 4.12.